The van der Waals surface area contributed by atoms with Crippen molar-refractivity contribution >= 4 is 0 Å². The number of unbranched alkanes of at least 4 members (excludes halogenated alkanes) is 1. The fourth-order valence-electron chi connectivity index (χ4n) is 1.84. The summed E-state index contributed by atoms with van der Waals surface area (Å²) in [5.41, 5.74) is 1.57. The van der Waals surface area contributed by atoms with Crippen LogP contribution in [0.2, 0.25) is 0 Å². The molecule has 2 aromatic heterocycles. The predicted octanol–water partition coefficient (Wildman–Crippen LogP) is 1.72. The lowest BCUT2D eigenvalue weighted by atomic mass is 10.2. The molecule has 0 unspecified atom stereocenters. The zero-order chi connectivity index (χ0) is 13.3. The molecule has 0 spiro atoms. The maximum atomic E-state index is 8.75. The van der Waals surface area contributed by atoms with Crippen LogP contribution in [0, 0.1) is 11.3 Å². The van der Waals surface area contributed by atoms with Gasteiger partial charge in [0.15, 0.2) is 0 Å². The summed E-state index contributed by atoms with van der Waals surface area (Å²) in [7, 11) is 0. The number of imidazole rings is 1. The summed E-state index contributed by atoms with van der Waals surface area (Å²) in [6.45, 7) is 2.76. The highest BCUT2D eigenvalue weighted by Crippen LogP contribution is 2.00. The zero-order valence-corrected chi connectivity index (χ0v) is 10.8. The Hall–Kier alpha value is -2.19. The van der Waals surface area contributed by atoms with Gasteiger partial charge in [-0.3, -0.25) is 0 Å². The van der Waals surface area contributed by atoms with Crippen LogP contribution in [0.5, 0.6) is 0 Å². The number of nitrogens with one attached hydrogen (secondary N) is 1. The molecule has 0 saturated heterocycles. The molecule has 0 aliphatic carbocycles. The number of pyridine rings is 1. The number of nitriles is 1. The second-order valence-corrected chi connectivity index (χ2v) is 4.35. The van der Waals surface area contributed by atoms with Crippen molar-refractivity contribution in [2.45, 2.75) is 25.9 Å². The Kier molecular flexibility index (Phi) is 5.08. The van der Waals surface area contributed by atoms with E-state index in [9.17, 15) is 0 Å². The highest BCUT2D eigenvalue weighted by atomic mass is 15.0. The molecule has 0 saturated carbocycles. The lowest BCUT2D eigenvalue weighted by Crippen LogP contribution is -2.15. The number of aryl methyl sites for hydroxylation is 1. The van der Waals surface area contributed by atoms with Crippen LogP contribution in [-0.4, -0.2) is 21.1 Å². The fraction of sp³-hybridized carbons (Fsp3) is 0.357. The molecular weight excluding hydrogens is 238 g/mol. The van der Waals surface area contributed by atoms with Crippen molar-refractivity contribution in [2.75, 3.05) is 6.54 Å². The molecule has 0 aliphatic heterocycles. The van der Waals surface area contributed by atoms with E-state index in [-0.39, 0.29) is 0 Å². The minimum atomic E-state index is 0.472. The third kappa shape index (κ3) is 4.53. The van der Waals surface area contributed by atoms with E-state index < -0.39 is 0 Å². The van der Waals surface area contributed by atoms with Crippen molar-refractivity contribution in [3.8, 4) is 6.07 Å². The van der Waals surface area contributed by atoms with Gasteiger partial charge < -0.3 is 9.88 Å². The number of hydrogen-bond acceptors (Lipinski definition) is 4. The van der Waals surface area contributed by atoms with E-state index in [0.29, 0.717) is 5.69 Å². The minimum Gasteiger partial charge on any atom is -0.337 e. The summed E-state index contributed by atoms with van der Waals surface area (Å²) >= 11 is 0. The number of nitrogens with zero attached hydrogens (tertiary/aromatic N) is 4. The monoisotopic (exact) mass is 255 g/mol. The highest BCUT2D eigenvalue weighted by Gasteiger charge is 1.96. The molecule has 5 nitrogen and oxygen atoms in total. The standard InChI is InChI=1S/C14H17N5/c15-10-14-9-13(3-5-18-14)11-16-4-1-2-7-19-8-6-17-12-19/h3,5-6,8-9,12,16H,1-2,4,7,11H2. The van der Waals surface area contributed by atoms with Crippen LogP contribution in [0.1, 0.15) is 24.1 Å². The second kappa shape index (κ2) is 7.29. The molecule has 2 heterocycles. The topological polar surface area (TPSA) is 66.5 Å². The Balaban J connectivity index is 1.60. The minimum absolute atomic E-state index is 0.472. The lowest BCUT2D eigenvalue weighted by molar-refractivity contribution is 0.568. The molecule has 5 heteroatoms. The van der Waals surface area contributed by atoms with Crippen molar-refractivity contribution in [3.63, 3.8) is 0 Å². The smallest absolute Gasteiger partial charge is 0.140 e. The summed E-state index contributed by atoms with van der Waals surface area (Å²) in [5, 5.41) is 12.1. The first-order valence-corrected chi connectivity index (χ1v) is 6.40. The van der Waals surface area contributed by atoms with Crippen molar-refractivity contribution in [1.82, 2.24) is 19.9 Å². The molecule has 0 amide bonds. The van der Waals surface area contributed by atoms with Crippen LogP contribution in [0.4, 0.5) is 0 Å². The third-order valence-corrected chi connectivity index (χ3v) is 2.85. The van der Waals surface area contributed by atoms with Gasteiger partial charge >= 0.3 is 0 Å². The molecular formula is C14H17N5. The molecule has 2 aromatic rings. The Bertz CT molecular complexity index is 527. The van der Waals surface area contributed by atoms with Gasteiger partial charge in [-0.15, -0.1) is 0 Å². The predicted molar refractivity (Wildman–Crippen MR) is 72.1 cm³/mol. The zero-order valence-electron chi connectivity index (χ0n) is 10.8. The first-order chi connectivity index (χ1) is 9.38. The van der Waals surface area contributed by atoms with E-state index in [0.717, 1.165) is 38.0 Å². The van der Waals surface area contributed by atoms with Crippen LogP contribution >= 0.6 is 0 Å². The number of hydrogen-bond donors (Lipinski definition) is 1. The Morgan fingerprint density at radius 3 is 3.05 bits per heavy atom. The Labute approximate surface area is 112 Å². The molecule has 1 N–H and O–H groups in total. The maximum Gasteiger partial charge on any atom is 0.140 e. The Morgan fingerprint density at radius 2 is 2.26 bits per heavy atom. The van der Waals surface area contributed by atoms with Crippen molar-refractivity contribution in [2.24, 2.45) is 0 Å². The van der Waals surface area contributed by atoms with Gasteiger partial charge in [0.25, 0.3) is 0 Å². The SMILES string of the molecule is N#Cc1cc(CNCCCCn2ccnc2)ccn1. The normalized spacial score (nSPS) is 10.3. The summed E-state index contributed by atoms with van der Waals surface area (Å²) in [6.07, 6.45) is 9.54. The summed E-state index contributed by atoms with van der Waals surface area (Å²) in [6, 6.07) is 5.79. The van der Waals surface area contributed by atoms with Gasteiger partial charge in [0.05, 0.1) is 6.33 Å². The average molecular weight is 255 g/mol. The molecule has 2 rings (SSSR count). The molecule has 0 atom stereocenters. The van der Waals surface area contributed by atoms with E-state index in [1.807, 2.05) is 30.7 Å². The first kappa shape index (κ1) is 13.2. The molecule has 0 bridgehead atoms. The lowest BCUT2D eigenvalue weighted by Gasteiger charge is -2.05. The highest BCUT2D eigenvalue weighted by molar-refractivity contribution is 5.25. The van der Waals surface area contributed by atoms with E-state index in [2.05, 4.69) is 19.9 Å². The van der Waals surface area contributed by atoms with Crippen LogP contribution in [-0.2, 0) is 13.1 Å². The molecule has 0 aromatic carbocycles. The third-order valence-electron chi connectivity index (χ3n) is 2.85. The van der Waals surface area contributed by atoms with Gasteiger partial charge in [-0.25, -0.2) is 9.97 Å². The van der Waals surface area contributed by atoms with Gasteiger partial charge in [0.1, 0.15) is 11.8 Å². The van der Waals surface area contributed by atoms with Crippen LogP contribution in [0.25, 0.3) is 0 Å². The van der Waals surface area contributed by atoms with Crippen LogP contribution in [0.3, 0.4) is 0 Å². The summed E-state index contributed by atoms with van der Waals surface area (Å²) in [4.78, 5) is 7.95. The summed E-state index contributed by atoms with van der Waals surface area (Å²) < 4.78 is 2.09. The van der Waals surface area contributed by atoms with Crippen molar-refractivity contribution < 1.29 is 0 Å². The molecule has 98 valence electrons. The quantitative estimate of drug-likeness (QED) is 0.765. The number of aromatic nitrogens is 3. The summed E-state index contributed by atoms with van der Waals surface area (Å²) in [5.74, 6) is 0. The first-order valence-electron chi connectivity index (χ1n) is 6.40. The maximum absolute atomic E-state index is 8.75. The van der Waals surface area contributed by atoms with Crippen molar-refractivity contribution in [1.29, 1.82) is 5.26 Å². The molecule has 19 heavy (non-hydrogen) atoms. The van der Waals surface area contributed by atoms with Gasteiger partial charge in [0.2, 0.25) is 0 Å². The van der Waals surface area contributed by atoms with Crippen LogP contribution < -0.4 is 5.32 Å². The van der Waals surface area contributed by atoms with Gasteiger partial charge in [-0.2, -0.15) is 5.26 Å². The molecule has 0 radical (unpaired) electrons. The van der Waals surface area contributed by atoms with Crippen LogP contribution in [0.15, 0.2) is 37.1 Å². The van der Waals surface area contributed by atoms with E-state index in [4.69, 9.17) is 5.26 Å². The van der Waals surface area contributed by atoms with Gasteiger partial charge in [0, 0.05) is 31.7 Å². The van der Waals surface area contributed by atoms with Gasteiger partial charge in [-0.1, -0.05) is 0 Å². The second-order valence-electron chi connectivity index (χ2n) is 4.35. The molecule has 0 aliphatic rings. The van der Waals surface area contributed by atoms with E-state index in [1.54, 1.807) is 12.4 Å². The average Bonchev–Trinajstić information content (AvgIpc) is 2.96. The van der Waals surface area contributed by atoms with E-state index >= 15 is 0 Å². The molecule has 0 fully saturated rings. The largest absolute Gasteiger partial charge is 0.337 e. The van der Waals surface area contributed by atoms with Gasteiger partial charge in [-0.05, 0) is 37.1 Å². The van der Waals surface area contributed by atoms with Crippen molar-refractivity contribution in [3.05, 3.63) is 48.3 Å². The van der Waals surface area contributed by atoms with E-state index in [1.165, 1.54) is 0 Å². The Morgan fingerprint density at radius 1 is 1.32 bits per heavy atom. The fourth-order valence-corrected chi connectivity index (χ4v) is 1.84. The number of rotatable bonds is 7.